The number of halogens is 1. The maximum absolute atomic E-state index is 12.3. The summed E-state index contributed by atoms with van der Waals surface area (Å²) in [7, 11) is 1.38. The van der Waals surface area contributed by atoms with E-state index in [-0.39, 0.29) is 6.10 Å². The number of methoxy groups -OCH3 is 1. The lowest BCUT2D eigenvalue weighted by Crippen LogP contribution is -2.25. The molecule has 0 saturated carbocycles. The topological polar surface area (TPSA) is 67.6 Å². The molecule has 0 spiro atoms. The number of aromatic nitrogens is 2. The minimum Gasteiger partial charge on any atom is -0.464 e. The molecule has 7 heteroatoms. The minimum absolute atomic E-state index is 0.227. The third-order valence-corrected chi connectivity index (χ3v) is 5.65. The number of nitrogens with zero attached hydrogens (tertiary/aromatic N) is 3. The number of hydrogen-bond donors (Lipinski definition) is 1. The van der Waals surface area contributed by atoms with Crippen molar-refractivity contribution >= 4 is 28.0 Å². The number of ether oxygens (including phenoxy) is 1. The number of fused-ring (bicyclic) bond motifs is 1. The summed E-state index contributed by atoms with van der Waals surface area (Å²) in [5, 5.41) is 14.3. The molecular weight excluding hydrogens is 410 g/mol. The van der Waals surface area contributed by atoms with E-state index in [0.717, 1.165) is 53.8 Å². The van der Waals surface area contributed by atoms with Crippen LogP contribution in [0.3, 0.4) is 0 Å². The average molecular weight is 432 g/mol. The number of hydrogen-bond acceptors (Lipinski definition) is 5. The molecule has 4 rings (SSSR count). The Labute approximate surface area is 166 Å². The van der Waals surface area contributed by atoms with Crippen LogP contribution in [0.1, 0.15) is 34.6 Å². The number of likely N-dealkylation sites (tertiary alicyclic amines) is 1. The Balaban J connectivity index is 1.71. The van der Waals surface area contributed by atoms with Gasteiger partial charge in [-0.3, -0.25) is 4.90 Å². The van der Waals surface area contributed by atoms with Gasteiger partial charge in [0, 0.05) is 29.7 Å². The molecule has 6 nitrogen and oxygen atoms in total. The lowest BCUT2D eigenvalue weighted by Gasteiger charge is -2.21. The molecule has 1 saturated heterocycles. The Hall–Kier alpha value is -1.96. The van der Waals surface area contributed by atoms with Crippen LogP contribution in [-0.4, -0.2) is 58.6 Å². The van der Waals surface area contributed by atoms with Crippen molar-refractivity contribution < 1.29 is 14.6 Å². The van der Waals surface area contributed by atoms with Crippen LogP contribution in [0, 0.1) is 0 Å². The molecule has 0 bridgehead atoms. The largest absolute Gasteiger partial charge is 0.464 e. The van der Waals surface area contributed by atoms with Crippen molar-refractivity contribution in [1.29, 1.82) is 0 Å². The Morgan fingerprint density at radius 3 is 2.96 bits per heavy atom. The average Bonchev–Trinajstić information content (AvgIpc) is 3.24. The predicted octanol–water partition coefficient (Wildman–Crippen LogP) is 2.82. The summed E-state index contributed by atoms with van der Waals surface area (Å²) >= 11 is 3.50. The predicted molar refractivity (Wildman–Crippen MR) is 106 cm³/mol. The monoisotopic (exact) mass is 431 g/mol. The van der Waals surface area contributed by atoms with Crippen molar-refractivity contribution in [2.45, 2.75) is 25.4 Å². The van der Waals surface area contributed by atoms with E-state index in [1.165, 1.54) is 12.7 Å². The van der Waals surface area contributed by atoms with E-state index in [1.54, 1.807) is 0 Å². The van der Waals surface area contributed by atoms with E-state index in [1.807, 2.05) is 28.9 Å². The van der Waals surface area contributed by atoms with Gasteiger partial charge >= 0.3 is 5.97 Å². The summed E-state index contributed by atoms with van der Waals surface area (Å²) in [4.78, 5) is 14.6. The Morgan fingerprint density at radius 2 is 2.26 bits per heavy atom. The van der Waals surface area contributed by atoms with Gasteiger partial charge in [0.15, 0.2) is 5.69 Å². The van der Waals surface area contributed by atoms with Crippen LogP contribution in [0.4, 0.5) is 0 Å². The van der Waals surface area contributed by atoms with Crippen molar-refractivity contribution in [1.82, 2.24) is 14.7 Å². The molecular formula is C20H22BrN3O3. The second kappa shape index (κ2) is 7.58. The number of esters is 1. The zero-order valence-electron chi connectivity index (χ0n) is 15.2. The van der Waals surface area contributed by atoms with Crippen LogP contribution >= 0.6 is 15.9 Å². The second-order valence-electron chi connectivity index (χ2n) is 7.07. The molecule has 1 aliphatic heterocycles. The number of benzene rings is 1. The Bertz CT molecular complexity index is 906. The highest BCUT2D eigenvalue weighted by atomic mass is 79.9. The summed E-state index contributed by atoms with van der Waals surface area (Å²) in [6.07, 6.45) is 4.41. The lowest BCUT2D eigenvalue weighted by atomic mass is 9.95. The van der Waals surface area contributed by atoms with Crippen LogP contribution in [-0.2, 0) is 11.2 Å². The highest BCUT2D eigenvalue weighted by Crippen LogP contribution is 2.30. The van der Waals surface area contributed by atoms with Gasteiger partial charge in [-0.05, 0) is 37.5 Å². The Morgan fingerprint density at radius 1 is 1.41 bits per heavy atom. The van der Waals surface area contributed by atoms with Crippen molar-refractivity contribution in [3.05, 3.63) is 51.3 Å². The number of β-amino-alcohol motifs (C(OH)–C–C–N with tert-alkyl or cyclic N) is 1. The van der Waals surface area contributed by atoms with Gasteiger partial charge in [0.1, 0.15) is 0 Å². The van der Waals surface area contributed by atoms with Crippen LogP contribution < -0.4 is 0 Å². The molecule has 27 heavy (non-hydrogen) atoms. The van der Waals surface area contributed by atoms with E-state index >= 15 is 0 Å². The van der Waals surface area contributed by atoms with Crippen molar-refractivity contribution in [2.24, 2.45) is 0 Å². The molecule has 1 aromatic carbocycles. The standard InChI is InChI=1S/C20H22BrN3O3/c1-27-20(26)19-17-9-13(11-23-8-7-16(25)12-23)5-6-18(17)24(22-19)15-4-2-3-14(21)10-15/h2-4,9-10,16,25H,5-8,11-12H2,1H3. The highest BCUT2D eigenvalue weighted by Gasteiger charge is 2.27. The van der Waals surface area contributed by atoms with E-state index in [2.05, 4.69) is 32.0 Å². The van der Waals surface area contributed by atoms with Crippen LogP contribution in [0.2, 0.25) is 0 Å². The first-order valence-electron chi connectivity index (χ1n) is 9.11. The lowest BCUT2D eigenvalue weighted by molar-refractivity contribution is 0.0593. The SMILES string of the molecule is COC(=O)c1nn(-c2cccc(Br)c2)c2c1C=C(CN1CCC(O)C1)CC2. The maximum atomic E-state index is 12.3. The van der Waals surface area contributed by atoms with Crippen LogP contribution in [0.5, 0.6) is 0 Å². The molecule has 1 N–H and O–H groups in total. The first kappa shape index (κ1) is 18.4. The van der Waals surface area contributed by atoms with Gasteiger partial charge in [0.2, 0.25) is 0 Å². The number of aliphatic hydroxyl groups is 1. The van der Waals surface area contributed by atoms with Gasteiger partial charge in [0.25, 0.3) is 0 Å². The minimum atomic E-state index is -0.422. The van der Waals surface area contributed by atoms with Crippen molar-refractivity contribution in [3.8, 4) is 5.69 Å². The second-order valence-corrected chi connectivity index (χ2v) is 7.99. The van der Waals surface area contributed by atoms with Gasteiger partial charge in [-0.15, -0.1) is 0 Å². The van der Waals surface area contributed by atoms with Gasteiger partial charge in [-0.25, -0.2) is 9.48 Å². The van der Waals surface area contributed by atoms with E-state index in [9.17, 15) is 9.90 Å². The summed E-state index contributed by atoms with van der Waals surface area (Å²) in [5.74, 6) is -0.422. The number of rotatable bonds is 4. The molecule has 1 unspecified atom stereocenters. The fourth-order valence-corrected chi connectivity index (χ4v) is 4.24. The summed E-state index contributed by atoms with van der Waals surface area (Å²) < 4.78 is 7.77. The third kappa shape index (κ3) is 3.72. The number of carbonyl (C=O) groups is 1. The van der Waals surface area contributed by atoms with E-state index < -0.39 is 5.97 Å². The fraction of sp³-hybridized carbons (Fsp3) is 0.400. The first-order valence-corrected chi connectivity index (χ1v) is 9.90. The molecule has 2 heterocycles. The highest BCUT2D eigenvalue weighted by molar-refractivity contribution is 9.10. The zero-order valence-corrected chi connectivity index (χ0v) is 16.8. The molecule has 1 aromatic heterocycles. The van der Waals surface area contributed by atoms with E-state index in [0.29, 0.717) is 12.2 Å². The van der Waals surface area contributed by atoms with Crippen LogP contribution in [0.15, 0.2) is 34.3 Å². The van der Waals surface area contributed by atoms with Gasteiger partial charge in [0.05, 0.1) is 24.6 Å². The molecule has 2 aliphatic rings. The van der Waals surface area contributed by atoms with E-state index in [4.69, 9.17) is 4.74 Å². The normalized spacial score (nSPS) is 19.7. The molecule has 0 radical (unpaired) electrons. The molecule has 2 aromatic rings. The zero-order chi connectivity index (χ0) is 19.0. The summed E-state index contributed by atoms with van der Waals surface area (Å²) in [5.41, 5.74) is 4.40. The first-order chi connectivity index (χ1) is 13.0. The van der Waals surface area contributed by atoms with Gasteiger partial charge in [-0.1, -0.05) is 33.6 Å². The molecule has 0 amide bonds. The quantitative estimate of drug-likeness (QED) is 0.753. The molecule has 142 valence electrons. The fourth-order valence-electron chi connectivity index (χ4n) is 3.85. The van der Waals surface area contributed by atoms with Crippen LogP contribution in [0.25, 0.3) is 11.8 Å². The summed E-state index contributed by atoms with van der Waals surface area (Å²) in [6, 6.07) is 7.88. The van der Waals surface area contributed by atoms with Gasteiger partial charge in [-0.2, -0.15) is 5.10 Å². The van der Waals surface area contributed by atoms with Crippen molar-refractivity contribution in [2.75, 3.05) is 26.7 Å². The third-order valence-electron chi connectivity index (χ3n) is 5.16. The molecule has 1 aliphatic carbocycles. The summed E-state index contributed by atoms with van der Waals surface area (Å²) in [6.45, 7) is 2.44. The number of carbonyl (C=O) groups excluding carboxylic acids is 1. The van der Waals surface area contributed by atoms with Crippen molar-refractivity contribution in [3.63, 3.8) is 0 Å². The molecule has 1 atom stereocenters. The smallest absolute Gasteiger partial charge is 0.359 e. The van der Waals surface area contributed by atoms with Gasteiger partial charge < -0.3 is 9.84 Å². The maximum Gasteiger partial charge on any atom is 0.359 e. The Kier molecular flexibility index (Phi) is 5.16. The molecule has 1 fully saturated rings. The number of aliphatic hydroxyl groups excluding tert-OH is 1.